The van der Waals surface area contributed by atoms with E-state index in [-0.39, 0.29) is 17.8 Å². The summed E-state index contributed by atoms with van der Waals surface area (Å²) in [4.78, 5) is 14.2. The molecule has 1 heterocycles. The van der Waals surface area contributed by atoms with E-state index in [4.69, 9.17) is 10.5 Å². The second kappa shape index (κ2) is 9.11. The Morgan fingerprint density at radius 2 is 2.12 bits per heavy atom. The Labute approximate surface area is 143 Å². The number of amides is 1. The van der Waals surface area contributed by atoms with Gasteiger partial charge in [0.15, 0.2) is 0 Å². The summed E-state index contributed by atoms with van der Waals surface area (Å²) in [7, 11) is 0. The smallest absolute Gasteiger partial charge is 0.237 e. The molecule has 5 nitrogen and oxygen atoms in total. The summed E-state index contributed by atoms with van der Waals surface area (Å²) in [6.45, 7) is 7.49. The molecule has 1 fully saturated rings. The van der Waals surface area contributed by atoms with E-state index in [1.165, 1.54) is 12.1 Å². The predicted octanol–water partition coefficient (Wildman–Crippen LogP) is 1.52. The van der Waals surface area contributed by atoms with Gasteiger partial charge >= 0.3 is 0 Å². The van der Waals surface area contributed by atoms with Gasteiger partial charge in [0.1, 0.15) is 5.82 Å². The minimum Gasteiger partial charge on any atom is -0.374 e. The van der Waals surface area contributed by atoms with E-state index in [0.717, 1.165) is 25.2 Å². The van der Waals surface area contributed by atoms with Gasteiger partial charge in [-0.05, 0) is 30.0 Å². The first-order valence-electron chi connectivity index (χ1n) is 8.55. The number of hydrogen-bond donors (Lipinski definition) is 2. The summed E-state index contributed by atoms with van der Waals surface area (Å²) in [6.07, 6.45) is 0.628. The molecular weight excluding hydrogens is 309 g/mol. The summed E-state index contributed by atoms with van der Waals surface area (Å²) in [5.74, 6) is 0.0462. The van der Waals surface area contributed by atoms with Crippen molar-refractivity contribution in [3.63, 3.8) is 0 Å². The minimum absolute atomic E-state index is 0.0469. The van der Waals surface area contributed by atoms with Crippen LogP contribution in [0.2, 0.25) is 0 Å². The van der Waals surface area contributed by atoms with Crippen LogP contribution < -0.4 is 11.1 Å². The predicted molar refractivity (Wildman–Crippen MR) is 91.9 cm³/mol. The molecule has 1 aromatic rings. The van der Waals surface area contributed by atoms with Crippen LogP contribution >= 0.6 is 0 Å². The van der Waals surface area contributed by atoms with E-state index < -0.39 is 6.04 Å². The highest BCUT2D eigenvalue weighted by molar-refractivity contribution is 5.81. The normalized spacial score (nSPS) is 20.1. The largest absolute Gasteiger partial charge is 0.374 e. The van der Waals surface area contributed by atoms with Gasteiger partial charge in [0, 0.05) is 26.2 Å². The Kier molecular flexibility index (Phi) is 7.15. The molecule has 0 saturated carbocycles. The Hall–Kier alpha value is -1.50. The molecule has 0 radical (unpaired) electrons. The standard InChI is InChI=1S/C18H28FN3O2/c1-13(2)9-17(20)18(23)21-10-16-12-22(7-8-24-16)11-14-3-5-15(19)6-4-14/h3-6,13,16-17H,7-12,20H2,1-2H3,(H,21,23)/t16?,17-/m0/s1. The fourth-order valence-corrected chi connectivity index (χ4v) is 2.86. The SMILES string of the molecule is CC(C)C[C@H](N)C(=O)NCC1CN(Cc2ccc(F)cc2)CCO1. The third-order valence-corrected chi connectivity index (χ3v) is 4.11. The second-order valence-electron chi connectivity index (χ2n) is 6.84. The van der Waals surface area contributed by atoms with Crippen LogP contribution in [0.4, 0.5) is 4.39 Å². The summed E-state index contributed by atoms with van der Waals surface area (Å²) in [5.41, 5.74) is 6.95. The number of carbonyl (C=O) groups excluding carboxylic acids is 1. The first kappa shape index (κ1) is 18.8. The van der Waals surface area contributed by atoms with Crippen LogP contribution in [0.5, 0.6) is 0 Å². The lowest BCUT2D eigenvalue weighted by Gasteiger charge is -2.33. The molecule has 3 N–H and O–H groups in total. The number of ether oxygens (including phenoxy) is 1. The van der Waals surface area contributed by atoms with Crippen molar-refractivity contribution in [3.05, 3.63) is 35.6 Å². The van der Waals surface area contributed by atoms with Crippen molar-refractivity contribution < 1.29 is 13.9 Å². The summed E-state index contributed by atoms with van der Waals surface area (Å²) in [6, 6.07) is 6.08. The van der Waals surface area contributed by atoms with Crippen molar-refractivity contribution in [1.29, 1.82) is 0 Å². The van der Waals surface area contributed by atoms with Gasteiger partial charge in [-0.2, -0.15) is 0 Å². The van der Waals surface area contributed by atoms with Gasteiger partial charge in [-0.3, -0.25) is 9.69 Å². The quantitative estimate of drug-likeness (QED) is 0.792. The van der Waals surface area contributed by atoms with Gasteiger partial charge in [0.2, 0.25) is 5.91 Å². The van der Waals surface area contributed by atoms with E-state index in [1.54, 1.807) is 12.1 Å². The van der Waals surface area contributed by atoms with E-state index in [2.05, 4.69) is 10.2 Å². The van der Waals surface area contributed by atoms with Gasteiger partial charge in [-0.1, -0.05) is 26.0 Å². The van der Waals surface area contributed by atoms with Crippen LogP contribution in [0.3, 0.4) is 0 Å². The molecule has 1 aromatic carbocycles. The number of nitrogens with one attached hydrogen (secondary N) is 1. The van der Waals surface area contributed by atoms with Gasteiger partial charge in [0.05, 0.1) is 18.8 Å². The molecule has 1 amide bonds. The van der Waals surface area contributed by atoms with Crippen LogP contribution in [0.1, 0.15) is 25.8 Å². The topological polar surface area (TPSA) is 67.6 Å². The lowest BCUT2D eigenvalue weighted by molar-refractivity contribution is -0.124. The number of rotatable bonds is 7. The lowest BCUT2D eigenvalue weighted by Crippen LogP contribution is -2.50. The van der Waals surface area contributed by atoms with Crippen molar-refractivity contribution >= 4 is 5.91 Å². The number of nitrogens with zero attached hydrogens (tertiary/aromatic N) is 1. The fraction of sp³-hybridized carbons (Fsp3) is 0.611. The highest BCUT2D eigenvalue weighted by Gasteiger charge is 2.22. The molecule has 1 aliphatic rings. The zero-order chi connectivity index (χ0) is 17.5. The third-order valence-electron chi connectivity index (χ3n) is 4.11. The molecule has 0 aliphatic carbocycles. The number of benzene rings is 1. The fourth-order valence-electron chi connectivity index (χ4n) is 2.86. The first-order valence-corrected chi connectivity index (χ1v) is 8.55. The Morgan fingerprint density at radius 1 is 1.42 bits per heavy atom. The summed E-state index contributed by atoms with van der Waals surface area (Å²) in [5, 5.41) is 2.88. The molecule has 0 bridgehead atoms. The van der Waals surface area contributed by atoms with Gasteiger partial charge < -0.3 is 15.8 Å². The van der Waals surface area contributed by atoms with Crippen LogP contribution in [0.15, 0.2) is 24.3 Å². The molecule has 2 rings (SSSR count). The van der Waals surface area contributed by atoms with E-state index in [0.29, 0.717) is 25.5 Å². The average molecular weight is 337 g/mol. The maximum atomic E-state index is 13.0. The van der Waals surface area contributed by atoms with Crippen molar-refractivity contribution in [2.45, 2.75) is 39.0 Å². The molecule has 1 aliphatic heterocycles. The molecule has 0 aromatic heterocycles. The lowest BCUT2D eigenvalue weighted by atomic mass is 10.0. The van der Waals surface area contributed by atoms with Gasteiger partial charge in [-0.15, -0.1) is 0 Å². The van der Waals surface area contributed by atoms with Gasteiger partial charge in [0.25, 0.3) is 0 Å². The number of carbonyl (C=O) groups is 1. The molecular formula is C18H28FN3O2. The molecule has 1 saturated heterocycles. The highest BCUT2D eigenvalue weighted by atomic mass is 19.1. The van der Waals surface area contributed by atoms with E-state index in [1.807, 2.05) is 13.8 Å². The van der Waals surface area contributed by atoms with E-state index >= 15 is 0 Å². The Bertz CT molecular complexity index is 522. The molecule has 0 spiro atoms. The monoisotopic (exact) mass is 337 g/mol. The molecule has 134 valence electrons. The number of halogens is 1. The van der Waals surface area contributed by atoms with Crippen LogP contribution in [0, 0.1) is 11.7 Å². The first-order chi connectivity index (χ1) is 11.4. The average Bonchev–Trinajstić information content (AvgIpc) is 2.54. The number of morpholine rings is 1. The number of hydrogen-bond acceptors (Lipinski definition) is 4. The van der Waals surface area contributed by atoms with Crippen LogP contribution in [-0.4, -0.2) is 49.2 Å². The molecule has 6 heteroatoms. The molecule has 2 atom stereocenters. The van der Waals surface area contributed by atoms with Crippen molar-refractivity contribution in [3.8, 4) is 0 Å². The maximum Gasteiger partial charge on any atom is 0.237 e. The second-order valence-corrected chi connectivity index (χ2v) is 6.84. The Morgan fingerprint density at radius 3 is 2.79 bits per heavy atom. The number of nitrogens with two attached hydrogens (primary N) is 1. The van der Waals surface area contributed by atoms with Crippen LogP contribution in [-0.2, 0) is 16.1 Å². The van der Waals surface area contributed by atoms with Gasteiger partial charge in [-0.25, -0.2) is 4.39 Å². The minimum atomic E-state index is -0.469. The molecule has 24 heavy (non-hydrogen) atoms. The zero-order valence-corrected chi connectivity index (χ0v) is 14.5. The zero-order valence-electron chi connectivity index (χ0n) is 14.5. The van der Waals surface area contributed by atoms with Crippen molar-refractivity contribution in [1.82, 2.24) is 10.2 Å². The van der Waals surface area contributed by atoms with Crippen LogP contribution in [0.25, 0.3) is 0 Å². The van der Waals surface area contributed by atoms with E-state index in [9.17, 15) is 9.18 Å². The highest BCUT2D eigenvalue weighted by Crippen LogP contribution is 2.11. The summed E-state index contributed by atoms with van der Waals surface area (Å²) < 4.78 is 18.7. The summed E-state index contributed by atoms with van der Waals surface area (Å²) >= 11 is 0. The third kappa shape index (κ3) is 6.19. The van der Waals surface area contributed by atoms with Crippen molar-refractivity contribution in [2.24, 2.45) is 11.7 Å². The maximum absolute atomic E-state index is 13.0. The van der Waals surface area contributed by atoms with Crippen molar-refractivity contribution in [2.75, 3.05) is 26.2 Å². The Balaban J connectivity index is 1.76. The molecule has 1 unspecified atom stereocenters.